The average Bonchev–Trinajstić information content (AvgIpc) is 2.79. The van der Waals surface area contributed by atoms with Gasteiger partial charge in [-0.1, -0.05) is 11.8 Å². The van der Waals surface area contributed by atoms with Crippen molar-refractivity contribution in [2.24, 2.45) is 10.7 Å². The second-order valence-corrected chi connectivity index (χ2v) is 4.78. The summed E-state index contributed by atoms with van der Waals surface area (Å²) in [4.78, 5) is 8.69. The van der Waals surface area contributed by atoms with Gasteiger partial charge in [0.25, 0.3) is 0 Å². The molecule has 1 aromatic heterocycles. The summed E-state index contributed by atoms with van der Waals surface area (Å²) >= 11 is 3.35. The molecular weight excluding hydrogens is 216 g/mol. The van der Waals surface area contributed by atoms with E-state index in [9.17, 15) is 0 Å². The Labute approximate surface area is 91.0 Å². The third-order valence-corrected chi connectivity index (χ3v) is 3.45. The highest BCUT2D eigenvalue weighted by Gasteiger charge is 2.08. The van der Waals surface area contributed by atoms with E-state index < -0.39 is 0 Å². The molecule has 0 amide bonds. The van der Waals surface area contributed by atoms with Crippen LogP contribution < -0.4 is 11.1 Å². The van der Waals surface area contributed by atoms with Crippen LogP contribution in [0.15, 0.2) is 10.4 Å². The molecule has 0 unspecified atom stereocenters. The zero-order valence-corrected chi connectivity index (χ0v) is 9.33. The van der Waals surface area contributed by atoms with Crippen molar-refractivity contribution >= 4 is 33.4 Å². The normalized spacial score (nSPS) is 15.6. The van der Waals surface area contributed by atoms with Crippen LogP contribution in [0, 0.1) is 0 Å². The van der Waals surface area contributed by atoms with Gasteiger partial charge in [0, 0.05) is 17.6 Å². The first-order valence-electron chi connectivity index (χ1n) is 4.47. The van der Waals surface area contributed by atoms with Crippen molar-refractivity contribution in [2.45, 2.75) is 6.42 Å². The van der Waals surface area contributed by atoms with Crippen LogP contribution in [0.5, 0.6) is 0 Å². The summed E-state index contributed by atoms with van der Waals surface area (Å²) in [5, 5.41) is 7.14. The summed E-state index contributed by atoms with van der Waals surface area (Å²) in [5.74, 6) is 1.07. The molecule has 0 fully saturated rings. The van der Waals surface area contributed by atoms with Gasteiger partial charge >= 0.3 is 0 Å². The molecule has 0 bridgehead atoms. The monoisotopic (exact) mass is 228 g/mol. The largest absolute Gasteiger partial charge is 0.330 e. The van der Waals surface area contributed by atoms with E-state index in [1.165, 1.54) is 0 Å². The molecule has 76 valence electrons. The first-order chi connectivity index (χ1) is 6.88. The van der Waals surface area contributed by atoms with E-state index in [2.05, 4.69) is 15.3 Å². The number of hydrogen-bond donors (Lipinski definition) is 2. The molecule has 1 aliphatic heterocycles. The van der Waals surface area contributed by atoms with Gasteiger partial charge in [-0.25, -0.2) is 4.98 Å². The Morgan fingerprint density at radius 1 is 1.57 bits per heavy atom. The molecule has 0 atom stereocenters. The van der Waals surface area contributed by atoms with Crippen molar-refractivity contribution in [3.8, 4) is 0 Å². The molecular formula is C8H12N4S2. The Kier molecular flexibility index (Phi) is 3.39. The van der Waals surface area contributed by atoms with Crippen LogP contribution >= 0.6 is 23.1 Å². The Morgan fingerprint density at radius 2 is 2.50 bits per heavy atom. The summed E-state index contributed by atoms with van der Waals surface area (Å²) < 4.78 is 0. The quantitative estimate of drug-likeness (QED) is 0.815. The van der Waals surface area contributed by atoms with Crippen LogP contribution in [0.3, 0.4) is 0 Å². The van der Waals surface area contributed by atoms with E-state index in [4.69, 9.17) is 5.73 Å². The maximum absolute atomic E-state index is 5.45. The van der Waals surface area contributed by atoms with Crippen molar-refractivity contribution in [1.29, 1.82) is 0 Å². The molecule has 1 aliphatic rings. The predicted molar refractivity (Wildman–Crippen MR) is 63.3 cm³/mol. The van der Waals surface area contributed by atoms with Gasteiger partial charge in [-0.2, -0.15) is 0 Å². The van der Waals surface area contributed by atoms with Crippen LogP contribution in [0.4, 0.5) is 5.13 Å². The zero-order chi connectivity index (χ0) is 9.80. The standard InChI is InChI=1S/C8H12N4S2/c9-2-1-6-5-14-8(11-6)12-7-10-3-4-13-7/h5H,1-4,9H2,(H,10,11,12). The lowest BCUT2D eigenvalue weighted by Gasteiger charge is -1.98. The molecule has 6 heteroatoms. The van der Waals surface area contributed by atoms with Crippen LogP contribution in [0.25, 0.3) is 0 Å². The number of aromatic nitrogens is 1. The summed E-state index contributed by atoms with van der Waals surface area (Å²) in [6.07, 6.45) is 0.845. The Balaban J connectivity index is 1.95. The van der Waals surface area contributed by atoms with Crippen LogP contribution in [0.1, 0.15) is 5.69 Å². The molecule has 14 heavy (non-hydrogen) atoms. The summed E-state index contributed by atoms with van der Waals surface area (Å²) in [7, 11) is 0. The van der Waals surface area contributed by atoms with Crippen molar-refractivity contribution in [3.05, 3.63) is 11.1 Å². The van der Waals surface area contributed by atoms with Gasteiger partial charge in [0.2, 0.25) is 0 Å². The second kappa shape index (κ2) is 4.77. The first-order valence-corrected chi connectivity index (χ1v) is 6.34. The SMILES string of the molecule is NCCc1csc(NC2=NCCS2)n1. The maximum Gasteiger partial charge on any atom is 0.188 e. The third-order valence-electron chi connectivity index (χ3n) is 1.75. The van der Waals surface area contributed by atoms with Gasteiger partial charge in [-0.15, -0.1) is 11.3 Å². The number of rotatable bonds is 3. The molecule has 0 aromatic carbocycles. The molecule has 0 radical (unpaired) electrons. The van der Waals surface area contributed by atoms with E-state index in [-0.39, 0.29) is 0 Å². The Morgan fingerprint density at radius 3 is 3.21 bits per heavy atom. The number of aliphatic imine (C=N–C) groups is 1. The van der Waals surface area contributed by atoms with Gasteiger partial charge in [0.15, 0.2) is 10.3 Å². The van der Waals surface area contributed by atoms with Crippen molar-refractivity contribution < 1.29 is 0 Å². The number of thioether (sulfide) groups is 1. The highest BCUT2D eigenvalue weighted by molar-refractivity contribution is 8.14. The zero-order valence-electron chi connectivity index (χ0n) is 7.69. The molecule has 2 rings (SSSR count). The third kappa shape index (κ3) is 2.46. The predicted octanol–water partition coefficient (Wildman–Crippen LogP) is 1.16. The maximum atomic E-state index is 5.45. The van der Waals surface area contributed by atoms with Crippen molar-refractivity contribution in [2.75, 3.05) is 24.2 Å². The van der Waals surface area contributed by atoms with Gasteiger partial charge in [0.05, 0.1) is 12.2 Å². The van der Waals surface area contributed by atoms with Crippen molar-refractivity contribution in [3.63, 3.8) is 0 Å². The van der Waals surface area contributed by atoms with Crippen LogP contribution in [0.2, 0.25) is 0 Å². The highest BCUT2D eigenvalue weighted by atomic mass is 32.2. The number of anilines is 1. The molecule has 0 aliphatic carbocycles. The minimum Gasteiger partial charge on any atom is -0.330 e. The van der Waals surface area contributed by atoms with Crippen LogP contribution in [-0.2, 0) is 6.42 Å². The smallest absolute Gasteiger partial charge is 0.188 e. The first kappa shape index (κ1) is 9.95. The number of nitrogens with one attached hydrogen (secondary N) is 1. The van der Waals surface area contributed by atoms with Crippen molar-refractivity contribution in [1.82, 2.24) is 4.98 Å². The minimum atomic E-state index is 0.652. The lowest BCUT2D eigenvalue weighted by atomic mass is 10.3. The fourth-order valence-corrected chi connectivity index (χ4v) is 2.67. The Bertz CT molecular complexity index is 334. The molecule has 0 spiro atoms. The number of hydrogen-bond acceptors (Lipinski definition) is 6. The fourth-order valence-electron chi connectivity index (χ4n) is 1.13. The van der Waals surface area contributed by atoms with E-state index in [0.717, 1.165) is 34.7 Å². The van der Waals surface area contributed by atoms with E-state index >= 15 is 0 Å². The molecule has 1 aromatic rings. The summed E-state index contributed by atoms with van der Waals surface area (Å²) in [6.45, 7) is 1.56. The number of amidine groups is 1. The van der Waals surface area contributed by atoms with Gasteiger partial charge in [-0.3, -0.25) is 4.99 Å². The fraction of sp³-hybridized carbons (Fsp3) is 0.500. The molecule has 2 heterocycles. The molecule has 4 nitrogen and oxygen atoms in total. The summed E-state index contributed by atoms with van der Waals surface area (Å²) in [6, 6.07) is 0. The average molecular weight is 228 g/mol. The van der Waals surface area contributed by atoms with Gasteiger partial charge in [-0.05, 0) is 6.54 Å². The number of thiazole rings is 1. The van der Waals surface area contributed by atoms with Gasteiger partial charge < -0.3 is 11.1 Å². The minimum absolute atomic E-state index is 0.652. The molecule has 0 saturated heterocycles. The van der Waals surface area contributed by atoms with E-state index in [0.29, 0.717) is 6.54 Å². The summed E-state index contributed by atoms with van der Waals surface area (Å²) in [5.41, 5.74) is 6.51. The molecule has 3 N–H and O–H groups in total. The number of nitrogens with two attached hydrogens (primary N) is 1. The highest BCUT2D eigenvalue weighted by Crippen LogP contribution is 2.19. The topological polar surface area (TPSA) is 63.3 Å². The lowest BCUT2D eigenvalue weighted by molar-refractivity contribution is 0.937. The lowest BCUT2D eigenvalue weighted by Crippen LogP contribution is -2.06. The van der Waals surface area contributed by atoms with E-state index in [1.807, 2.05) is 5.38 Å². The van der Waals surface area contributed by atoms with E-state index in [1.54, 1.807) is 23.1 Å². The second-order valence-electron chi connectivity index (χ2n) is 2.84. The van der Waals surface area contributed by atoms with Gasteiger partial charge in [0.1, 0.15) is 0 Å². The number of nitrogens with zero attached hydrogens (tertiary/aromatic N) is 2. The molecule has 0 saturated carbocycles. The Hall–Kier alpha value is -0.590. The van der Waals surface area contributed by atoms with Crippen LogP contribution in [-0.4, -0.2) is 29.0 Å².